The van der Waals surface area contributed by atoms with Crippen molar-refractivity contribution < 1.29 is 9.00 Å². The maximum absolute atomic E-state index is 11.9. The number of nitrogens with one attached hydrogen (secondary N) is 2. The highest BCUT2D eigenvalue weighted by molar-refractivity contribution is 7.93. The van der Waals surface area contributed by atoms with Crippen molar-refractivity contribution in [3.8, 4) is 11.1 Å². The molecule has 0 aliphatic carbocycles. The normalized spacial score (nSPS) is 17.3. The third-order valence-corrected chi connectivity index (χ3v) is 4.59. The van der Waals surface area contributed by atoms with E-state index in [1.54, 1.807) is 18.5 Å². The van der Waals surface area contributed by atoms with Crippen LogP contribution in [0, 0.1) is 0 Å². The lowest BCUT2D eigenvalue weighted by Crippen LogP contribution is -2.17. The number of pyridine rings is 1. The standard InChI is InChI=1S/C15H10N4O3S/c20-13-4-2-10(7-16-13)9-1-3-12-11(5-9)8-17-19(12)15-6-14(21)18-23(15)22/h1-8H,(H,16,20)(H,18,21). The van der Waals surface area contributed by atoms with Gasteiger partial charge in [-0.25, -0.2) is 8.89 Å². The molecule has 4 rings (SSSR count). The van der Waals surface area contributed by atoms with Gasteiger partial charge in [-0.05, 0) is 29.3 Å². The van der Waals surface area contributed by atoms with Gasteiger partial charge in [-0.2, -0.15) is 5.10 Å². The second-order valence-corrected chi connectivity index (χ2v) is 6.15. The molecule has 8 heteroatoms. The molecular weight excluding hydrogens is 316 g/mol. The molecule has 1 unspecified atom stereocenters. The molecule has 2 aromatic heterocycles. The average Bonchev–Trinajstić information content (AvgIpc) is 3.10. The molecule has 3 aromatic rings. The van der Waals surface area contributed by atoms with Crippen LogP contribution in [0.15, 0.2) is 53.6 Å². The van der Waals surface area contributed by atoms with Gasteiger partial charge in [0, 0.05) is 23.7 Å². The second-order valence-electron chi connectivity index (χ2n) is 4.99. The second kappa shape index (κ2) is 5.03. The Bertz CT molecular complexity index is 1040. The first-order valence-electron chi connectivity index (χ1n) is 6.73. The molecule has 114 valence electrons. The van der Waals surface area contributed by atoms with E-state index in [4.69, 9.17) is 0 Å². The number of H-pyrrole nitrogens is 1. The molecule has 1 aliphatic rings. The molecule has 0 saturated carbocycles. The van der Waals surface area contributed by atoms with Gasteiger partial charge < -0.3 is 4.98 Å². The van der Waals surface area contributed by atoms with Crippen LogP contribution in [0.5, 0.6) is 0 Å². The summed E-state index contributed by atoms with van der Waals surface area (Å²) in [5, 5.41) is 5.36. The highest BCUT2D eigenvalue weighted by atomic mass is 32.2. The number of amides is 1. The average molecular weight is 326 g/mol. The minimum absolute atomic E-state index is 0.157. The van der Waals surface area contributed by atoms with Gasteiger partial charge in [0.15, 0.2) is 16.0 Å². The Hall–Kier alpha value is -3.00. The largest absolute Gasteiger partial charge is 0.328 e. The minimum atomic E-state index is -1.60. The van der Waals surface area contributed by atoms with Crippen molar-refractivity contribution in [2.75, 3.05) is 0 Å². The number of aromatic nitrogens is 3. The van der Waals surface area contributed by atoms with Crippen molar-refractivity contribution in [3.63, 3.8) is 0 Å². The van der Waals surface area contributed by atoms with Crippen LogP contribution in [0.3, 0.4) is 0 Å². The minimum Gasteiger partial charge on any atom is -0.328 e. The molecule has 1 aliphatic heterocycles. The van der Waals surface area contributed by atoms with Crippen LogP contribution in [0.1, 0.15) is 0 Å². The molecule has 3 heterocycles. The van der Waals surface area contributed by atoms with Crippen LogP contribution in [0.4, 0.5) is 0 Å². The summed E-state index contributed by atoms with van der Waals surface area (Å²) in [6.45, 7) is 0. The Morgan fingerprint density at radius 2 is 1.91 bits per heavy atom. The van der Waals surface area contributed by atoms with Gasteiger partial charge in [0.05, 0.1) is 11.7 Å². The topological polar surface area (TPSA) is 96.8 Å². The fourth-order valence-electron chi connectivity index (χ4n) is 2.46. The first-order valence-corrected chi connectivity index (χ1v) is 7.88. The molecule has 0 fully saturated rings. The Morgan fingerprint density at radius 1 is 1.09 bits per heavy atom. The lowest BCUT2D eigenvalue weighted by molar-refractivity contribution is -0.114. The number of benzene rings is 1. The van der Waals surface area contributed by atoms with E-state index in [-0.39, 0.29) is 5.56 Å². The third kappa shape index (κ3) is 2.29. The molecule has 7 nitrogen and oxygen atoms in total. The number of carbonyl (C=O) groups is 1. The predicted octanol–water partition coefficient (Wildman–Crippen LogP) is 0.983. The van der Waals surface area contributed by atoms with Crippen molar-refractivity contribution in [2.24, 2.45) is 0 Å². The lowest BCUT2D eigenvalue weighted by atomic mass is 10.1. The number of nitrogens with zero attached hydrogens (tertiary/aromatic N) is 2. The Balaban J connectivity index is 1.82. The van der Waals surface area contributed by atoms with E-state index in [0.717, 1.165) is 22.0 Å². The smallest absolute Gasteiger partial charge is 0.258 e. The van der Waals surface area contributed by atoms with E-state index < -0.39 is 16.9 Å². The Kier molecular flexibility index (Phi) is 2.98. The molecule has 0 saturated heterocycles. The van der Waals surface area contributed by atoms with E-state index in [9.17, 15) is 13.8 Å². The zero-order chi connectivity index (χ0) is 16.0. The van der Waals surface area contributed by atoms with Crippen molar-refractivity contribution in [1.29, 1.82) is 0 Å². The molecule has 0 bridgehead atoms. The fourth-order valence-corrected chi connectivity index (χ4v) is 3.32. The number of hydrogen-bond donors (Lipinski definition) is 2. The predicted molar refractivity (Wildman–Crippen MR) is 86.3 cm³/mol. The monoisotopic (exact) mass is 326 g/mol. The highest BCUT2D eigenvalue weighted by Gasteiger charge is 2.23. The molecule has 1 aromatic carbocycles. The SMILES string of the molecule is O=C1C=C(n2ncc3cc(-c4ccc(=O)[nH]c4)ccc32)S(=O)N1. The third-order valence-electron chi connectivity index (χ3n) is 3.53. The molecule has 23 heavy (non-hydrogen) atoms. The zero-order valence-electron chi connectivity index (χ0n) is 11.6. The summed E-state index contributed by atoms with van der Waals surface area (Å²) >= 11 is 0. The molecule has 1 atom stereocenters. The van der Waals surface area contributed by atoms with Gasteiger partial charge in [-0.1, -0.05) is 6.07 Å². The summed E-state index contributed by atoms with van der Waals surface area (Å²) in [6.07, 6.45) is 4.56. The summed E-state index contributed by atoms with van der Waals surface area (Å²) in [5.74, 6) is -0.396. The molecule has 1 amide bonds. The molecule has 2 N–H and O–H groups in total. The van der Waals surface area contributed by atoms with Gasteiger partial charge >= 0.3 is 0 Å². The highest BCUT2D eigenvalue weighted by Crippen LogP contribution is 2.26. The Labute approximate surface area is 132 Å². The van der Waals surface area contributed by atoms with Gasteiger partial charge in [0.1, 0.15) is 0 Å². The number of carbonyl (C=O) groups excluding carboxylic acids is 1. The van der Waals surface area contributed by atoms with Crippen LogP contribution < -0.4 is 10.3 Å². The zero-order valence-corrected chi connectivity index (χ0v) is 12.5. The maximum atomic E-state index is 11.9. The maximum Gasteiger partial charge on any atom is 0.258 e. The van der Waals surface area contributed by atoms with Crippen LogP contribution in [0.2, 0.25) is 0 Å². The van der Waals surface area contributed by atoms with E-state index in [1.165, 1.54) is 16.8 Å². The van der Waals surface area contributed by atoms with Crippen molar-refractivity contribution in [3.05, 3.63) is 59.2 Å². The summed E-state index contributed by atoms with van der Waals surface area (Å²) < 4.78 is 15.7. The van der Waals surface area contributed by atoms with E-state index in [0.29, 0.717) is 5.03 Å². The number of fused-ring (bicyclic) bond motifs is 1. The quantitative estimate of drug-likeness (QED) is 0.734. The number of aromatic amines is 1. The van der Waals surface area contributed by atoms with Crippen molar-refractivity contribution >= 4 is 32.8 Å². The van der Waals surface area contributed by atoms with Gasteiger partial charge in [-0.15, -0.1) is 0 Å². The molecule has 0 spiro atoms. The van der Waals surface area contributed by atoms with Crippen LogP contribution in [-0.2, 0) is 15.8 Å². The molecule has 0 radical (unpaired) electrons. The van der Waals surface area contributed by atoms with E-state index in [1.807, 2.05) is 18.2 Å². The molecular formula is C15H10N4O3S. The van der Waals surface area contributed by atoms with Crippen LogP contribution >= 0.6 is 0 Å². The number of hydrogen-bond acceptors (Lipinski definition) is 4. The van der Waals surface area contributed by atoms with Crippen molar-refractivity contribution in [2.45, 2.75) is 0 Å². The van der Waals surface area contributed by atoms with Crippen LogP contribution in [-0.4, -0.2) is 24.9 Å². The van der Waals surface area contributed by atoms with Gasteiger partial charge in [0.2, 0.25) is 5.56 Å². The van der Waals surface area contributed by atoms with E-state index in [2.05, 4.69) is 14.8 Å². The Morgan fingerprint density at radius 3 is 2.61 bits per heavy atom. The van der Waals surface area contributed by atoms with Crippen molar-refractivity contribution in [1.82, 2.24) is 19.5 Å². The van der Waals surface area contributed by atoms with Gasteiger partial charge in [0.25, 0.3) is 5.91 Å². The first kappa shape index (κ1) is 13.6. The number of rotatable bonds is 2. The summed E-state index contributed by atoms with van der Waals surface area (Å²) in [4.78, 5) is 25.1. The lowest BCUT2D eigenvalue weighted by Gasteiger charge is -2.04. The van der Waals surface area contributed by atoms with Crippen LogP contribution in [0.25, 0.3) is 27.1 Å². The first-order chi connectivity index (χ1) is 11.1. The summed E-state index contributed by atoms with van der Waals surface area (Å²) in [5.41, 5.74) is 2.38. The van der Waals surface area contributed by atoms with E-state index >= 15 is 0 Å². The summed E-state index contributed by atoms with van der Waals surface area (Å²) in [7, 11) is -1.60. The summed E-state index contributed by atoms with van der Waals surface area (Å²) in [6, 6.07) is 8.83. The van der Waals surface area contributed by atoms with Gasteiger partial charge in [-0.3, -0.25) is 14.3 Å². The fraction of sp³-hybridized carbons (Fsp3) is 0.